The average molecular weight is 410 g/mol. The van der Waals surface area contributed by atoms with Gasteiger partial charge in [0.15, 0.2) is 0 Å². The van der Waals surface area contributed by atoms with Crippen LogP contribution in [0.3, 0.4) is 0 Å². The van der Waals surface area contributed by atoms with Crippen molar-refractivity contribution in [3.05, 3.63) is 70.2 Å². The van der Waals surface area contributed by atoms with Gasteiger partial charge in [-0.25, -0.2) is 0 Å². The van der Waals surface area contributed by atoms with Crippen LogP contribution >= 0.6 is 15.9 Å². The highest BCUT2D eigenvalue weighted by Gasteiger charge is 2.31. The summed E-state index contributed by atoms with van der Waals surface area (Å²) < 4.78 is 3.41. The largest absolute Gasteiger partial charge is 0.395 e. The summed E-state index contributed by atoms with van der Waals surface area (Å²) in [5.74, 6) is 0. The van der Waals surface area contributed by atoms with Crippen LogP contribution in [-0.4, -0.2) is 42.1 Å². The first-order valence-corrected chi connectivity index (χ1v) is 9.73. The quantitative estimate of drug-likeness (QED) is 0.625. The monoisotopic (exact) mass is 409 g/mol. The predicted octanol–water partition coefficient (Wildman–Crippen LogP) is 4.55. The Kier molecular flexibility index (Phi) is 4.55. The fourth-order valence-electron chi connectivity index (χ4n) is 3.90. The molecule has 3 nitrogen and oxygen atoms in total. The summed E-state index contributed by atoms with van der Waals surface area (Å²) >= 11 is 3.68. The Morgan fingerprint density at radius 2 is 1.81 bits per heavy atom. The molecule has 132 valence electrons. The SMILES string of the molecule is CCN(CCO)c1ccc(C2=[N+](C)c3ccc(Br)c4cccc2c34)cc1. The Hall–Kier alpha value is -2.17. The molecule has 0 fully saturated rings. The molecule has 1 aliphatic rings. The van der Waals surface area contributed by atoms with E-state index in [-0.39, 0.29) is 6.61 Å². The summed E-state index contributed by atoms with van der Waals surface area (Å²) in [5, 5.41) is 11.8. The third kappa shape index (κ3) is 2.65. The van der Waals surface area contributed by atoms with Crippen molar-refractivity contribution in [1.82, 2.24) is 0 Å². The van der Waals surface area contributed by atoms with Crippen LogP contribution in [0.15, 0.2) is 59.1 Å². The van der Waals surface area contributed by atoms with Crippen molar-refractivity contribution in [2.45, 2.75) is 6.92 Å². The summed E-state index contributed by atoms with van der Waals surface area (Å²) in [6.45, 7) is 3.82. The maximum atomic E-state index is 9.24. The lowest BCUT2D eigenvalue weighted by Crippen LogP contribution is -2.26. The summed E-state index contributed by atoms with van der Waals surface area (Å²) in [6.07, 6.45) is 0. The van der Waals surface area contributed by atoms with Crippen LogP contribution in [0.5, 0.6) is 0 Å². The molecule has 0 aliphatic carbocycles. The molecule has 3 aromatic rings. The molecule has 0 saturated heterocycles. The lowest BCUT2D eigenvalue weighted by Gasteiger charge is -2.22. The fourth-order valence-corrected chi connectivity index (χ4v) is 4.36. The van der Waals surface area contributed by atoms with E-state index in [2.05, 4.69) is 94.0 Å². The molecular weight excluding hydrogens is 388 g/mol. The molecule has 0 aromatic heterocycles. The number of benzene rings is 3. The van der Waals surface area contributed by atoms with Gasteiger partial charge in [0, 0.05) is 40.3 Å². The standard InChI is InChI=1S/C22H22BrN2O/c1-3-25(13-14-26)16-9-7-15(8-10-16)22-18-6-4-5-17-19(23)11-12-20(21(17)18)24(22)2/h4-12,26H,3,13-14H2,1-2H3/q+1. The molecule has 26 heavy (non-hydrogen) atoms. The zero-order chi connectivity index (χ0) is 18.3. The van der Waals surface area contributed by atoms with Gasteiger partial charge >= 0.3 is 0 Å². The van der Waals surface area contributed by atoms with Crippen LogP contribution in [0.1, 0.15) is 18.1 Å². The Bertz CT molecular complexity index is 1010. The molecule has 3 aromatic carbocycles. The highest BCUT2D eigenvalue weighted by atomic mass is 79.9. The summed E-state index contributed by atoms with van der Waals surface area (Å²) in [7, 11) is 2.13. The van der Waals surface area contributed by atoms with E-state index < -0.39 is 0 Å². The van der Waals surface area contributed by atoms with Gasteiger partial charge in [-0.05, 0) is 43.3 Å². The van der Waals surface area contributed by atoms with E-state index in [4.69, 9.17) is 0 Å². The molecule has 0 bridgehead atoms. The molecular formula is C22H22BrN2O+. The molecule has 0 atom stereocenters. The van der Waals surface area contributed by atoms with Gasteiger partial charge in [-0.1, -0.05) is 28.1 Å². The van der Waals surface area contributed by atoms with Gasteiger partial charge in [0.1, 0.15) is 7.05 Å². The van der Waals surface area contributed by atoms with Crippen molar-refractivity contribution in [2.24, 2.45) is 0 Å². The second-order valence-corrected chi connectivity index (χ2v) is 7.41. The van der Waals surface area contributed by atoms with Crippen molar-refractivity contribution in [3.8, 4) is 0 Å². The number of hydrogen-bond acceptors (Lipinski definition) is 2. The zero-order valence-electron chi connectivity index (χ0n) is 15.0. The fraction of sp³-hybridized carbons (Fsp3) is 0.227. The van der Waals surface area contributed by atoms with Gasteiger partial charge < -0.3 is 10.0 Å². The van der Waals surface area contributed by atoms with Crippen LogP contribution < -0.4 is 4.90 Å². The number of likely N-dealkylation sites (N-methyl/N-ethyl adjacent to an activating group) is 1. The highest BCUT2D eigenvalue weighted by Crippen LogP contribution is 2.39. The van der Waals surface area contributed by atoms with E-state index in [1.54, 1.807) is 0 Å². The number of halogens is 1. The van der Waals surface area contributed by atoms with E-state index in [9.17, 15) is 5.11 Å². The number of hydrogen-bond donors (Lipinski definition) is 1. The molecule has 0 spiro atoms. The van der Waals surface area contributed by atoms with Crippen molar-refractivity contribution in [2.75, 3.05) is 31.6 Å². The predicted molar refractivity (Wildman–Crippen MR) is 112 cm³/mol. The van der Waals surface area contributed by atoms with Crippen LogP contribution in [0.4, 0.5) is 11.4 Å². The molecule has 1 N–H and O–H groups in total. The zero-order valence-corrected chi connectivity index (χ0v) is 16.6. The molecule has 0 unspecified atom stereocenters. The van der Waals surface area contributed by atoms with Crippen molar-refractivity contribution < 1.29 is 9.68 Å². The molecule has 4 rings (SSSR count). The maximum absolute atomic E-state index is 9.24. The molecule has 1 aliphatic heterocycles. The van der Waals surface area contributed by atoms with E-state index >= 15 is 0 Å². The second-order valence-electron chi connectivity index (χ2n) is 6.55. The van der Waals surface area contributed by atoms with Gasteiger partial charge in [-0.15, -0.1) is 0 Å². The molecule has 1 heterocycles. The van der Waals surface area contributed by atoms with E-state index in [0.717, 1.165) is 16.7 Å². The minimum absolute atomic E-state index is 0.169. The number of aliphatic hydroxyl groups excluding tert-OH is 1. The van der Waals surface area contributed by atoms with Crippen molar-refractivity contribution in [3.63, 3.8) is 0 Å². The topological polar surface area (TPSA) is 26.5 Å². The van der Waals surface area contributed by atoms with Gasteiger partial charge in [0.2, 0.25) is 11.4 Å². The lowest BCUT2D eigenvalue weighted by molar-refractivity contribution is -0.399. The Morgan fingerprint density at radius 3 is 2.50 bits per heavy atom. The van der Waals surface area contributed by atoms with Crippen LogP contribution in [-0.2, 0) is 0 Å². The van der Waals surface area contributed by atoms with Gasteiger partial charge in [0.25, 0.3) is 0 Å². The maximum Gasteiger partial charge on any atom is 0.220 e. The van der Waals surface area contributed by atoms with E-state index in [1.165, 1.54) is 33.3 Å². The lowest BCUT2D eigenvalue weighted by atomic mass is 9.98. The minimum atomic E-state index is 0.169. The normalized spacial score (nSPS) is 12.9. The van der Waals surface area contributed by atoms with Crippen LogP contribution in [0, 0.1) is 0 Å². The van der Waals surface area contributed by atoms with Gasteiger partial charge in [0.05, 0.1) is 17.6 Å². The van der Waals surface area contributed by atoms with Crippen LogP contribution in [0.25, 0.3) is 10.8 Å². The van der Waals surface area contributed by atoms with E-state index in [1.807, 2.05) is 0 Å². The number of nitrogens with zero attached hydrogens (tertiary/aromatic N) is 2. The smallest absolute Gasteiger partial charge is 0.220 e. The summed E-state index contributed by atoms with van der Waals surface area (Å²) in [5.41, 5.74) is 6.10. The van der Waals surface area contributed by atoms with E-state index in [0.29, 0.717) is 6.54 Å². The Morgan fingerprint density at radius 1 is 1.04 bits per heavy atom. The first-order chi connectivity index (χ1) is 12.7. The second kappa shape index (κ2) is 6.86. The minimum Gasteiger partial charge on any atom is -0.395 e. The summed E-state index contributed by atoms with van der Waals surface area (Å²) in [6, 6.07) is 19.5. The van der Waals surface area contributed by atoms with Crippen LogP contribution in [0.2, 0.25) is 0 Å². The van der Waals surface area contributed by atoms with Gasteiger partial charge in [-0.3, -0.25) is 0 Å². The number of aliphatic hydroxyl groups is 1. The van der Waals surface area contributed by atoms with Crippen molar-refractivity contribution >= 4 is 43.8 Å². The highest BCUT2D eigenvalue weighted by molar-refractivity contribution is 9.10. The number of rotatable bonds is 5. The number of anilines is 1. The molecule has 0 saturated carbocycles. The van der Waals surface area contributed by atoms with Crippen molar-refractivity contribution in [1.29, 1.82) is 0 Å². The molecule has 4 heteroatoms. The molecule has 0 radical (unpaired) electrons. The van der Waals surface area contributed by atoms with Gasteiger partial charge in [-0.2, -0.15) is 4.58 Å². The third-order valence-corrected chi connectivity index (χ3v) is 5.87. The molecule has 0 amide bonds. The Balaban J connectivity index is 1.80. The first kappa shape index (κ1) is 17.3. The third-order valence-electron chi connectivity index (χ3n) is 5.17. The Labute approximate surface area is 162 Å². The first-order valence-electron chi connectivity index (χ1n) is 8.94. The average Bonchev–Trinajstić information content (AvgIpc) is 2.96. The summed E-state index contributed by atoms with van der Waals surface area (Å²) in [4.78, 5) is 2.18.